The summed E-state index contributed by atoms with van der Waals surface area (Å²) in [6, 6.07) is 8.85. The number of carbonyl (C=O) groups excluding carboxylic acids is 1. The zero-order valence-electron chi connectivity index (χ0n) is 12.7. The van der Waals surface area contributed by atoms with Crippen molar-refractivity contribution >= 4 is 33.3 Å². The third-order valence-electron chi connectivity index (χ3n) is 2.98. The maximum absolute atomic E-state index is 12.5. The molecule has 2 aromatic rings. The molecule has 1 N–H and O–H groups in total. The van der Waals surface area contributed by atoms with E-state index in [4.69, 9.17) is 11.6 Å². The Balaban J connectivity index is 2.34. The fourth-order valence-corrected chi connectivity index (χ4v) is 3.42. The summed E-state index contributed by atoms with van der Waals surface area (Å²) in [6.45, 7) is -3.06. The number of esters is 1. The molecule has 0 heterocycles. The highest BCUT2D eigenvalue weighted by atomic mass is 35.5. The van der Waals surface area contributed by atoms with Crippen molar-refractivity contribution in [3.8, 4) is 5.75 Å². The first kappa shape index (κ1) is 18.9. The van der Waals surface area contributed by atoms with Crippen molar-refractivity contribution in [2.75, 3.05) is 11.8 Å². The standard InChI is InChI=1S/C15H12ClF2NO5S/c1-23-14(20)10-4-2-3-5-13(10)25(21,22)19-9-6-7-12(11(16)8-9)24-15(17)18/h2-8,15,19H,1H3. The molecule has 2 rings (SSSR count). The van der Waals surface area contributed by atoms with E-state index in [0.717, 1.165) is 19.2 Å². The number of hydrogen-bond donors (Lipinski definition) is 1. The molecule has 0 bridgehead atoms. The topological polar surface area (TPSA) is 81.7 Å². The Morgan fingerprint density at radius 3 is 2.48 bits per heavy atom. The van der Waals surface area contributed by atoms with E-state index in [1.807, 2.05) is 0 Å². The summed E-state index contributed by atoms with van der Waals surface area (Å²) < 4.78 is 60.4. The summed E-state index contributed by atoms with van der Waals surface area (Å²) in [7, 11) is -3.02. The van der Waals surface area contributed by atoms with Crippen molar-refractivity contribution in [1.29, 1.82) is 0 Å². The quantitative estimate of drug-likeness (QED) is 0.762. The van der Waals surface area contributed by atoms with Gasteiger partial charge in [-0.15, -0.1) is 0 Å². The van der Waals surface area contributed by atoms with Gasteiger partial charge in [0.15, 0.2) is 0 Å². The molecule has 0 radical (unpaired) electrons. The van der Waals surface area contributed by atoms with Gasteiger partial charge >= 0.3 is 12.6 Å². The minimum atomic E-state index is -4.15. The smallest absolute Gasteiger partial charge is 0.387 e. The van der Waals surface area contributed by atoms with Gasteiger partial charge in [0.25, 0.3) is 10.0 Å². The van der Waals surface area contributed by atoms with Gasteiger partial charge in [-0.1, -0.05) is 23.7 Å². The Kier molecular flexibility index (Phi) is 5.81. The first-order valence-electron chi connectivity index (χ1n) is 6.69. The number of halogens is 3. The minimum absolute atomic E-state index is 0.00582. The van der Waals surface area contributed by atoms with Crippen LogP contribution in [0.5, 0.6) is 5.75 Å². The van der Waals surface area contributed by atoms with Crippen LogP contribution in [-0.2, 0) is 14.8 Å². The van der Waals surface area contributed by atoms with E-state index >= 15 is 0 Å². The normalized spacial score (nSPS) is 11.2. The number of anilines is 1. The number of nitrogens with one attached hydrogen (secondary N) is 1. The highest BCUT2D eigenvalue weighted by Crippen LogP contribution is 2.30. The van der Waals surface area contributed by atoms with E-state index in [1.165, 1.54) is 30.3 Å². The molecule has 0 fully saturated rings. The lowest BCUT2D eigenvalue weighted by Gasteiger charge is -2.12. The van der Waals surface area contributed by atoms with Gasteiger partial charge in [0, 0.05) is 0 Å². The summed E-state index contributed by atoms with van der Waals surface area (Å²) in [5.41, 5.74) is -0.146. The number of sulfonamides is 1. The van der Waals surface area contributed by atoms with Gasteiger partial charge in [-0.05, 0) is 30.3 Å². The summed E-state index contributed by atoms with van der Waals surface area (Å²) in [5, 5.41) is -0.207. The van der Waals surface area contributed by atoms with Gasteiger partial charge in [0.2, 0.25) is 0 Å². The number of benzene rings is 2. The lowest BCUT2D eigenvalue weighted by Crippen LogP contribution is -2.17. The Bertz CT molecular complexity index is 889. The van der Waals surface area contributed by atoms with Crippen molar-refractivity contribution in [2.24, 2.45) is 0 Å². The van der Waals surface area contributed by atoms with Crippen molar-refractivity contribution in [1.82, 2.24) is 0 Å². The van der Waals surface area contributed by atoms with Crippen molar-refractivity contribution < 1.29 is 31.5 Å². The molecule has 25 heavy (non-hydrogen) atoms. The van der Waals surface area contributed by atoms with Gasteiger partial charge in [-0.25, -0.2) is 13.2 Å². The number of rotatable bonds is 6. The summed E-state index contributed by atoms with van der Waals surface area (Å²) in [5.74, 6) is -1.12. The van der Waals surface area contributed by atoms with Crippen LogP contribution >= 0.6 is 11.6 Å². The van der Waals surface area contributed by atoms with E-state index < -0.39 is 22.6 Å². The van der Waals surface area contributed by atoms with Gasteiger partial charge in [0.1, 0.15) is 10.6 Å². The number of alkyl halides is 2. The van der Waals surface area contributed by atoms with E-state index in [1.54, 1.807) is 0 Å². The van der Waals surface area contributed by atoms with Crippen LogP contribution in [0.15, 0.2) is 47.4 Å². The van der Waals surface area contributed by atoms with E-state index in [0.29, 0.717) is 0 Å². The zero-order valence-corrected chi connectivity index (χ0v) is 14.3. The Morgan fingerprint density at radius 1 is 1.20 bits per heavy atom. The summed E-state index contributed by atoms with van der Waals surface area (Å²) in [6.07, 6.45) is 0. The average molecular weight is 392 g/mol. The minimum Gasteiger partial charge on any atom is -0.465 e. The summed E-state index contributed by atoms with van der Waals surface area (Å²) >= 11 is 5.79. The molecule has 0 atom stereocenters. The second-order valence-corrected chi connectivity index (χ2v) is 6.67. The largest absolute Gasteiger partial charge is 0.465 e. The van der Waals surface area contributed by atoms with Crippen LogP contribution in [0.4, 0.5) is 14.5 Å². The van der Waals surface area contributed by atoms with E-state index in [9.17, 15) is 22.0 Å². The molecule has 0 amide bonds. The molecule has 0 aliphatic heterocycles. The maximum atomic E-state index is 12.5. The molecule has 10 heteroatoms. The molecule has 0 aliphatic rings. The first-order chi connectivity index (χ1) is 11.7. The molecule has 0 aromatic heterocycles. The molecule has 0 spiro atoms. The Morgan fingerprint density at radius 2 is 1.88 bits per heavy atom. The average Bonchev–Trinajstić information content (AvgIpc) is 2.56. The van der Waals surface area contributed by atoms with Crippen LogP contribution in [0.2, 0.25) is 5.02 Å². The van der Waals surface area contributed by atoms with Crippen LogP contribution < -0.4 is 9.46 Å². The number of ether oxygens (including phenoxy) is 2. The van der Waals surface area contributed by atoms with E-state index in [-0.39, 0.29) is 26.9 Å². The second-order valence-electron chi connectivity index (χ2n) is 4.62. The third-order valence-corrected chi connectivity index (χ3v) is 4.72. The van der Waals surface area contributed by atoms with Crippen LogP contribution in [0.3, 0.4) is 0 Å². The van der Waals surface area contributed by atoms with Crippen molar-refractivity contribution in [2.45, 2.75) is 11.5 Å². The van der Waals surface area contributed by atoms with Crippen molar-refractivity contribution in [3.63, 3.8) is 0 Å². The number of methoxy groups -OCH3 is 1. The van der Waals surface area contributed by atoms with Gasteiger partial charge in [0.05, 0.1) is 23.4 Å². The maximum Gasteiger partial charge on any atom is 0.387 e. The van der Waals surface area contributed by atoms with Crippen LogP contribution in [0.1, 0.15) is 10.4 Å². The molecule has 0 unspecified atom stereocenters. The third kappa shape index (κ3) is 4.58. The van der Waals surface area contributed by atoms with Gasteiger partial charge in [-0.3, -0.25) is 4.72 Å². The molecular weight excluding hydrogens is 380 g/mol. The molecule has 0 saturated heterocycles. The Hall–Kier alpha value is -2.39. The molecule has 2 aromatic carbocycles. The molecule has 134 valence electrons. The molecule has 0 aliphatic carbocycles. The van der Waals surface area contributed by atoms with Crippen LogP contribution in [0, 0.1) is 0 Å². The van der Waals surface area contributed by atoms with Gasteiger partial charge < -0.3 is 9.47 Å². The highest BCUT2D eigenvalue weighted by Gasteiger charge is 2.23. The number of carbonyl (C=O) groups is 1. The fraction of sp³-hybridized carbons (Fsp3) is 0.133. The predicted octanol–water partition coefficient (Wildman–Crippen LogP) is 3.53. The molecule has 6 nitrogen and oxygen atoms in total. The lowest BCUT2D eigenvalue weighted by atomic mass is 10.2. The van der Waals surface area contributed by atoms with Crippen LogP contribution in [-0.4, -0.2) is 28.1 Å². The SMILES string of the molecule is COC(=O)c1ccccc1S(=O)(=O)Nc1ccc(OC(F)F)c(Cl)c1. The second kappa shape index (κ2) is 7.66. The van der Waals surface area contributed by atoms with Gasteiger partial charge in [-0.2, -0.15) is 8.78 Å². The van der Waals surface area contributed by atoms with Crippen molar-refractivity contribution in [3.05, 3.63) is 53.1 Å². The predicted molar refractivity (Wildman–Crippen MR) is 86.7 cm³/mol. The van der Waals surface area contributed by atoms with E-state index in [2.05, 4.69) is 14.2 Å². The molecular formula is C15H12ClF2NO5S. The Labute approximate surface area is 147 Å². The number of hydrogen-bond acceptors (Lipinski definition) is 5. The lowest BCUT2D eigenvalue weighted by molar-refractivity contribution is -0.0497. The monoisotopic (exact) mass is 391 g/mol. The fourth-order valence-electron chi connectivity index (χ4n) is 1.95. The van der Waals surface area contributed by atoms with Crippen LogP contribution in [0.25, 0.3) is 0 Å². The zero-order chi connectivity index (χ0) is 18.6. The summed E-state index contributed by atoms with van der Waals surface area (Å²) in [4.78, 5) is 11.4. The molecule has 0 saturated carbocycles. The highest BCUT2D eigenvalue weighted by molar-refractivity contribution is 7.92. The first-order valence-corrected chi connectivity index (χ1v) is 8.55.